The van der Waals surface area contributed by atoms with Crippen molar-refractivity contribution < 1.29 is 14.3 Å². The van der Waals surface area contributed by atoms with Crippen molar-refractivity contribution >= 4 is 28.8 Å². The molecule has 2 heterocycles. The maximum atomic E-state index is 12.6. The average Bonchev–Trinajstić information content (AvgIpc) is 3.15. The molecule has 0 N–H and O–H groups in total. The van der Waals surface area contributed by atoms with Gasteiger partial charge in [-0.3, -0.25) is 0 Å². The number of allylic oxidation sites excluding steroid dienone is 2. The Morgan fingerprint density at radius 3 is 2.29 bits per heavy atom. The van der Waals surface area contributed by atoms with Gasteiger partial charge in [0.2, 0.25) is 0 Å². The van der Waals surface area contributed by atoms with Crippen LogP contribution in [-0.2, 0) is 14.3 Å². The Hall–Kier alpha value is -1.68. The lowest BCUT2D eigenvalue weighted by molar-refractivity contribution is -0.149. The molecule has 0 unspecified atom stereocenters. The Balaban J connectivity index is 1.69. The second-order valence-electron chi connectivity index (χ2n) is 7.82. The number of carbonyl (C=O) groups excluding carboxylic acids is 2. The van der Waals surface area contributed by atoms with Crippen molar-refractivity contribution in [2.24, 2.45) is 23.7 Å². The first kappa shape index (κ1) is 14.6. The monoisotopic (exact) mass is 340 g/mol. The second kappa shape index (κ2) is 5.16. The van der Waals surface area contributed by atoms with Gasteiger partial charge in [0.25, 0.3) is 0 Å². The number of hydrogen-bond donors (Lipinski definition) is 0. The molecule has 6 rings (SSSR count). The molecule has 124 valence electrons. The molecule has 0 spiro atoms. The molecule has 0 amide bonds. The minimum absolute atomic E-state index is 0.410. The Morgan fingerprint density at radius 1 is 1.04 bits per heavy atom. The van der Waals surface area contributed by atoms with Crippen LogP contribution in [0.4, 0.5) is 0 Å². The number of rotatable bonds is 1. The molecular weight excluding hydrogens is 320 g/mol. The molecule has 4 aliphatic carbocycles. The first-order valence-electron chi connectivity index (χ1n) is 8.86. The Bertz CT molecular complexity index is 767. The lowest BCUT2D eigenvalue weighted by Crippen LogP contribution is -2.41. The van der Waals surface area contributed by atoms with E-state index in [1.807, 2.05) is 23.8 Å². The Morgan fingerprint density at radius 2 is 1.71 bits per heavy atom. The predicted octanol–water partition coefficient (Wildman–Crippen LogP) is 4.36. The fourth-order valence-corrected chi connectivity index (χ4v) is 6.42. The number of carbonyl (C=O) groups is 2. The summed E-state index contributed by atoms with van der Waals surface area (Å²) in [6.07, 6.45) is 6.14. The minimum atomic E-state index is -0.458. The van der Waals surface area contributed by atoms with Crippen LogP contribution in [0.5, 0.6) is 0 Å². The zero-order valence-corrected chi connectivity index (χ0v) is 14.5. The summed E-state index contributed by atoms with van der Waals surface area (Å²) in [6.45, 7) is 1.94. The van der Waals surface area contributed by atoms with Crippen molar-refractivity contribution in [3.8, 4) is 0 Å². The molecule has 0 radical (unpaired) electrons. The van der Waals surface area contributed by atoms with Crippen molar-refractivity contribution in [1.29, 1.82) is 0 Å². The van der Waals surface area contributed by atoms with E-state index in [1.165, 1.54) is 37.7 Å². The highest BCUT2D eigenvalue weighted by atomic mass is 32.1. The van der Waals surface area contributed by atoms with Gasteiger partial charge in [0.05, 0.1) is 11.1 Å². The summed E-state index contributed by atoms with van der Waals surface area (Å²) in [5, 5.41) is 4.02. The van der Waals surface area contributed by atoms with Crippen LogP contribution in [0.3, 0.4) is 0 Å². The van der Waals surface area contributed by atoms with Crippen molar-refractivity contribution in [2.45, 2.75) is 39.0 Å². The van der Waals surface area contributed by atoms with Crippen molar-refractivity contribution in [3.63, 3.8) is 0 Å². The topological polar surface area (TPSA) is 43.4 Å². The summed E-state index contributed by atoms with van der Waals surface area (Å²) in [5.74, 6) is 1.76. The molecule has 24 heavy (non-hydrogen) atoms. The van der Waals surface area contributed by atoms with Gasteiger partial charge in [-0.05, 0) is 96.2 Å². The molecule has 1 aromatic heterocycles. The summed E-state index contributed by atoms with van der Waals surface area (Å²) >= 11 is 1.60. The highest BCUT2D eigenvalue weighted by Crippen LogP contribution is 2.58. The molecule has 4 bridgehead atoms. The number of cyclic esters (lactones) is 2. The van der Waals surface area contributed by atoms with E-state index in [2.05, 4.69) is 0 Å². The van der Waals surface area contributed by atoms with Gasteiger partial charge in [0.1, 0.15) is 0 Å². The van der Waals surface area contributed by atoms with Gasteiger partial charge in [-0.25, -0.2) is 9.59 Å². The molecule has 5 fully saturated rings. The molecule has 1 saturated heterocycles. The van der Waals surface area contributed by atoms with Crippen LogP contribution >= 0.6 is 11.3 Å². The third kappa shape index (κ3) is 2.02. The molecule has 0 aromatic carbocycles. The van der Waals surface area contributed by atoms with Gasteiger partial charge in [-0.15, -0.1) is 0 Å². The van der Waals surface area contributed by atoms with Crippen LogP contribution < -0.4 is 0 Å². The first-order chi connectivity index (χ1) is 11.6. The second-order valence-corrected chi connectivity index (χ2v) is 8.60. The molecule has 3 nitrogen and oxygen atoms in total. The van der Waals surface area contributed by atoms with E-state index in [0.717, 1.165) is 23.0 Å². The summed E-state index contributed by atoms with van der Waals surface area (Å²) in [6, 6.07) is 2.00. The molecule has 5 aliphatic rings. The molecule has 4 saturated carbocycles. The minimum Gasteiger partial charge on any atom is -0.386 e. The lowest BCUT2D eigenvalue weighted by Gasteiger charge is -2.51. The fraction of sp³-hybridized carbons (Fsp3) is 0.500. The number of ether oxygens (including phenoxy) is 1. The van der Waals surface area contributed by atoms with Crippen molar-refractivity contribution in [2.75, 3.05) is 0 Å². The van der Waals surface area contributed by atoms with Gasteiger partial charge in [0, 0.05) is 0 Å². The molecule has 1 aromatic rings. The third-order valence-electron chi connectivity index (χ3n) is 6.48. The largest absolute Gasteiger partial charge is 0.386 e. The van der Waals surface area contributed by atoms with E-state index in [9.17, 15) is 9.59 Å². The molecule has 1 aliphatic heterocycles. The van der Waals surface area contributed by atoms with Crippen molar-refractivity contribution in [1.82, 2.24) is 0 Å². The zero-order chi connectivity index (χ0) is 16.4. The van der Waals surface area contributed by atoms with Crippen LogP contribution in [-0.4, -0.2) is 11.9 Å². The van der Waals surface area contributed by atoms with E-state index in [4.69, 9.17) is 4.74 Å². The summed E-state index contributed by atoms with van der Waals surface area (Å²) in [4.78, 5) is 25.0. The zero-order valence-electron chi connectivity index (χ0n) is 13.7. The fourth-order valence-electron chi connectivity index (χ4n) is 5.72. The third-order valence-corrected chi connectivity index (χ3v) is 7.16. The van der Waals surface area contributed by atoms with Crippen molar-refractivity contribution in [3.05, 3.63) is 39.1 Å². The summed E-state index contributed by atoms with van der Waals surface area (Å²) in [5.41, 5.74) is 4.30. The van der Waals surface area contributed by atoms with E-state index in [1.54, 1.807) is 11.3 Å². The Labute approximate surface area is 145 Å². The molecule has 0 atom stereocenters. The van der Waals surface area contributed by atoms with Crippen LogP contribution in [0, 0.1) is 23.7 Å². The predicted molar refractivity (Wildman–Crippen MR) is 92.1 cm³/mol. The maximum Gasteiger partial charge on any atom is 0.347 e. The maximum absolute atomic E-state index is 12.6. The number of thiophene rings is 1. The van der Waals surface area contributed by atoms with Gasteiger partial charge < -0.3 is 4.74 Å². The average molecular weight is 340 g/mol. The SMILES string of the molecule is C/C(=C1\C(=O)OC(=O)C1=C1[C@H]2CC3CC(C[C@H]1C3)C2)c1ccsc1. The van der Waals surface area contributed by atoms with Crippen LogP contribution in [0.15, 0.2) is 33.5 Å². The highest BCUT2D eigenvalue weighted by molar-refractivity contribution is 7.08. The smallest absolute Gasteiger partial charge is 0.347 e. The van der Waals surface area contributed by atoms with E-state index >= 15 is 0 Å². The normalized spacial score (nSPS) is 36.5. The van der Waals surface area contributed by atoms with E-state index in [-0.39, 0.29) is 0 Å². The molecular formula is C20H20O3S. The first-order valence-corrected chi connectivity index (χ1v) is 9.80. The van der Waals surface area contributed by atoms with Gasteiger partial charge in [-0.1, -0.05) is 0 Å². The number of hydrogen-bond acceptors (Lipinski definition) is 4. The standard InChI is InChI=1S/C20H20O3S/c1-10(13-2-3-24-9-13)16-18(20(22)23-19(16)21)17-14-5-11-4-12(7-14)8-15(17)6-11/h2-3,9,11-12,14-15H,4-8H2,1H3/b16-10+,18-17?/t11?,12?,14-,15+. The van der Waals surface area contributed by atoms with Gasteiger partial charge in [0.15, 0.2) is 0 Å². The highest BCUT2D eigenvalue weighted by Gasteiger charge is 2.49. The summed E-state index contributed by atoms with van der Waals surface area (Å²) < 4.78 is 5.07. The van der Waals surface area contributed by atoms with E-state index in [0.29, 0.717) is 23.0 Å². The van der Waals surface area contributed by atoms with Crippen LogP contribution in [0.1, 0.15) is 44.6 Å². The Kier molecular flexibility index (Phi) is 3.15. The van der Waals surface area contributed by atoms with Crippen LogP contribution in [0.2, 0.25) is 0 Å². The van der Waals surface area contributed by atoms with Gasteiger partial charge >= 0.3 is 11.9 Å². The van der Waals surface area contributed by atoms with E-state index < -0.39 is 11.9 Å². The quantitative estimate of drug-likeness (QED) is 0.433. The summed E-state index contributed by atoms with van der Waals surface area (Å²) in [7, 11) is 0. The molecule has 4 heteroatoms. The number of esters is 2. The lowest BCUT2D eigenvalue weighted by atomic mass is 9.53. The van der Waals surface area contributed by atoms with Gasteiger partial charge in [-0.2, -0.15) is 11.3 Å². The van der Waals surface area contributed by atoms with Crippen LogP contribution in [0.25, 0.3) is 5.57 Å².